The van der Waals surface area contributed by atoms with Crippen molar-refractivity contribution in [3.05, 3.63) is 103 Å². The summed E-state index contributed by atoms with van der Waals surface area (Å²) >= 11 is 10.7. The van der Waals surface area contributed by atoms with Crippen molar-refractivity contribution in [2.24, 2.45) is 0 Å². The minimum absolute atomic E-state index is 0.0236. The second kappa shape index (κ2) is 9.79. The molecule has 0 saturated carbocycles. The molecule has 0 aliphatic heterocycles. The molecule has 2 aromatic carbocycles. The monoisotopic (exact) mass is 537 g/mol. The van der Waals surface area contributed by atoms with Gasteiger partial charge in [-0.05, 0) is 48.2 Å². The van der Waals surface area contributed by atoms with E-state index in [0.29, 0.717) is 20.7 Å². The van der Waals surface area contributed by atoms with E-state index in [-0.39, 0.29) is 22.1 Å². The molecule has 0 atom stereocenters. The van der Waals surface area contributed by atoms with Crippen LogP contribution < -0.4 is 5.56 Å². The lowest BCUT2D eigenvalue weighted by Crippen LogP contribution is -2.10. The van der Waals surface area contributed by atoms with Crippen LogP contribution in [0.25, 0.3) is 31.8 Å². The molecule has 0 unspecified atom stereocenters. The van der Waals surface area contributed by atoms with E-state index in [1.165, 1.54) is 29.2 Å². The van der Waals surface area contributed by atoms with E-state index in [9.17, 15) is 14.9 Å². The van der Waals surface area contributed by atoms with E-state index in [1.54, 1.807) is 29.5 Å². The molecule has 3 aromatic heterocycles. The maximum absolute atomic E-state index is 12.9. The van der Waals surface area contributed by atoms with Gasteiger partial charge in [0.2, 0.25) is 0 Å². The highest BCUT2D eigenvalue weighted by Gasteiger charge is 2.17. The van der Waals surface area contributed by atoms with Crippen LogP contribution in [-0.4, -0.2) is 14.9 Å². The largest absolute Gasteiger partial charge is 0.305 e. The number of aromatic amines is 1. The van der Waals surface area contributed by atoms with E-state index >= 15 is 0 Å². The van der Waals surface area contributed by atoms with Crippen LogP contribution in [0.3, 0.4) is 0 Å². The summed E-state index contributed by atoms with van der Waals surface area (Å²) in [7, 11) is 0. The minimum atomic E-state index is -0.411. The number of nitro groups is 1. The first-order valence-electron chi connectivity index (χ1n) is 10.3. The number of hydrogen-bond donors (Lipinski definition) is 1. The molecule has 0 aliphatic carbocycles. The number of nitrogens with zero attached hydrogens (tertiary/aromatic N) is 2. The van der Waals surface area contributed by atoms with E-state index < -0.39 is 4.92 Å². The van der Waals surface area contributed by atoms with Gasteiger partial charge in [0.15, 0.2) is 5.82 Å². The number of fused-ring (bicyclic) bond motifs is 1. The number of benzene rings is 2. The molecule has 0 saturated heterocycles. The average molecular weight is 538 g/mol. The van der Waals surface area contributed by atoms with E-state index in [2.05, 4.69) is 9.97 Å². The van der Waals surface area contributed by atoms with Crippen molar-refractivity contribution >= 4 is 73.0 Å². The number of hydrogen-bond acceptors (Lipinski definition) is 7. The molecule has 6 nitrogen and oxygen atoms in total. The zero-order chi connectivity index (χ0) is 24.5. The van der Waals surface area contributed by atoms with Crippen molar-refractivity contribution in [3.8, 4) is 10.4 Å². The van der Waals surface area contributed by atoms with Crippen LogP contribution in [-0.2, 0) is 0 Å². The Bertz CT molecular complexity index is 1640. The third-order valence-electron chi connectivity index (χ3n) is 5.18. The van der Waals surface area contributed by atoms with E-state index in [4.69, 9.17) is 11.6 Å². The van der Waals surface area contributed by atoms with Gasteiger partial charge in [0.25, 0.3) is 11.2 Å². The third kappa shape index (κ3) is 4.94. The topological polar surface area (TPSA) is 88.9 Å². The normalized spacial score (nSPS) is 11.8. The zero-order valence-electron chi connectivity index (χ0n) is 18.2. The molecular weight excluding hydrogens is 522 g/mol. The maximum Gasteiger partial charge on any atom is 0.283 e. The summed E-state index contributed by atoms with van der Waals surface area (Å²) in [6.07, 6.45) is 1.56. The number of rotatable bonds is 6. The fourth-order valence-corrected chi connectivity index (χ4v) is 6.35. The SMILES string of the molecule is Cc1ccc(Sc2ccc(/C=C(/Cl)c3nc4scc(-c5cccs5)c4c(=O)[nH]3)cc2[N+](=O)[O-])cc1. The van der Waals surface area contributed by atoms with Crippen LogP contribution in [0.1, 0.15) is 17.0 Å². The van der Waals surface area contributed by atoms with Crippen LogP contribution in [0, 0.1) is 17.0 Å². The van der Waals surface area contributed by atoms with Crippen LogP contribution in [0.2, 0.25) is 0 Å². The summed E-state index contributed by atoms with van der Waals surface area (Å²) in [5, 5.41) is 16.3. The van der Waals surface area contributed by atoms with Crippen LogP contribution in [0.15, 0.2) is 79.9 Å². The number of nitro benzene ring substituents is 1. The number of aromatic nitrogens is 2. The molecule has 0 bridgehead atoms. The number of aryl methyl sites for hydroxylation is 1. The Balaban J connectivity index is 1.48. The molecule has 5 aromatic rings. The average Bonchev–Trinajstić information content (AvgIpc) is 3.51. The van der Waals surface area contributed by atoms with Gasteiger partial charge in [0.1, 0.15) is 4.83 Å². The summed E-state index contributed by atoms with van der Waals surface area (Å²) in [6, 6.07) is 16.6. The van der Waals surface area contributed by atoms with Crippen LogP contribution in [0.5, 0.6) is 0 Å². The lowest BCUT2D eigenvalue weighted by molar-refractivity contribution is -0.387. The van der Waals surface area contributed by atoms with Crippen LogP contribution >= 0.6 is 46.0 Å². The van der Waals surface area contributed by atoms with Gasteiger partial charge >= 0.3 is 0 Å². The molecule has 174 valence electrons. The minimum Gasteiger partial charge on any atom is -0.305 e. The number of nitrogens with one attached hydrogen (secondary N) is 1. The maximum atomic E-state index is 12.9. The molecule has 0 aliphatic rings. The molecular formula is C25H16ClN3O3S3. The summed E-state index contributed by atoms with van der Waals surface area (Å²) in [4.78, 5) is 34.5. The standard InChI is InChI=1S/C25H16ClN3O3S3/c1-14-4-7-16(8-5-14)35-21-9-6-15(12-19(21)29(31)32)11-18(26)23-27-24(30)22-17(13-34-25(22)28-23)20-3-2-10-33-20/h2-13H,1H3,(H,27,28,30)/b18-11+. The first kappa shape index (κ1) is 23.5. The van der Waals surface area contributed by atoms with Gasteiger partial charge in [-0.15, -0.1) is 22.7 Å². The molecule has 5 rings (SSSR count). The third-order valence-corrected chi connectivity index (χ3v) is 8.32. The van der Waals surface area contributed by atoms with E-state index in [1.807, 2.05) is 54.1 Å². The highest BCUT2D eigenvalue weighted by atomic mass is 35.5. The van der Waals surface area contributed by atoms with Crippen molar-refractivity contribution in [2.75, 3.05) is 0 Å². The lowest BCUT2D eigenvalue weighted by atomic mass is 10.2. The first-order valence-corrected chi connectivity index (χ1v) is 13.3. The Morgan fingerprint density at radius 2 is 1.97 bits per heavy atom. The summed E-state index contributed by atoms with van der Waals surface area (Å²) < 4.78 is 0. The quantitative estimate of drug-likeness (QED) is 0.176. The smallest absolute Gasteiger partial charge is 0.283 e. The zero-order valence-corrected chi connectivity index (χ0v) is 21.4. The number of halogens is 1. The second-order valence-corrected chi connectivity index (χ2v) is 10.9. The van der Waals surface area contributed by atoms with Gasteiger partial charge in [-0.3, -0.25) is 14.9 Å². The van der Waals surface area contributed by atoms with Crippen molar-refractivity contribution < 1.29 is 4.92 Å². The Hall–Kier alpha value is -3.24. The molecule has 35 heavy (non-hydrogen) atoms. The molecule has 0 amide bonds. The van der Waals surface area contributed by atoms with Crippen molar-refractivity contribution in [1.82, 2.24) is 9.97 Å². The Morgan fingerprint density at radius 1 is 1.17 bits per heavy atom. The van der Waals surface area contributed by atoms with Crippen LogP contribution in [0.4, 0.5) is 5.69 Å². The Labute approximate surface area is 217 Å². The predicted molar refractivity (Wildman–Crippen MR) is 146 cm³/mol. The molecule has 0 fully saturated rings. The van der Waals surface area contributed by atoms with Gasteiger partial charge in [-0.2, -0.15) is 0 Å². The molecule has 0 radical (unpaired) electrons. The summed E-state index contributed by atoms with van der Waals surface area (Å²) in [6.45, 7) is 1.99. The van der Waals surface area contributed by atoms with Crippen molar-refractivity contribution in [2.45, 2.75) is 16.7 Å². The van der Waals surface area contributed by atoms with Crippen molar-refractivity contribution in [3.63, 3.8) is 0 Å². The summed E-state index contributed by atoms with van der Waals surface area (Å²) in [5.74, 6) is 0.213. The molecule has 10 heteroatoms. The second-order valence-electron chi connectivity index (χ2n) is 7.61. The number of thiophene rings is 2. The summed E-state index contributed by atoms with van der Waals surface area (Å²) in [5.41, 5.74) is 2.19. The van der Waals surface area contributed by atoms with Gasteiger partial charge in [0, 0.05) is 26.8 Å². The van der Waals surface area contributed by atoms with E-state index in [0.717, 1.165) is 20.9 Å². The fraction of sp³-hybridized carbons (Fsp3) is 0.0400. The van der Waals surface area contributed by atoms with Crippen molar-refractivity contribution in [1.29, 1.82) is 0 Å². The Morgan fingerprint density at radius 3 is 2.69 bits per heavy atom. The molecule has 0 spiro atoms. The van der Waals surface area contributed by atoms with Gasteiger partial charge < -0.3 is 4.98 Å². The fourth-order valence-electron chi connectivity index (χ4n) is 3.48. The van der Waals surface area contributed by atoms with Gasteiger partial charge in [0.05, 0.1) is 20.2 Å². The Kier molecular flexibility index (Phi) is 6.57. The van der Waals surface area contributed by atoms with Gasteiger partial charge in [-0.25, -0.2) is 4.98 Å². The highest BCUT2D eigenvalue weighted by Crippen LogP contribution is 2.37. The highest BCUT2D eigenvalue weighted by molar-refractivity contribution is 7.99. The molecule has 1 N–H and O–H groups in total. The lowest BCUT2D eigenvalue weighted by Gasteiger charge is -2.05. The van der Waals surface area contributed by atoms with Gasteiger partial charge in [-0.1, -0.05) is 53.2 Å². The molecule has 3 heterocycles. The predicted octanol–water partition coefficient (Wildman–Crippen LogP) is 7.82. The number of H-pyrrole nitrogens is 1. The first-order chi connectivity index (χ1) is 16.9.